The molecule has 180 valence electrons. The van der Waals surface area contributed by atoms with Crippen LogP contribution in [0.2, 0.25) is 0 Å². The second-order valence-electron chi connectivity index (χ2n) is 8.44. The van der Waals surface area contributed by atoms with Crippen LogP contribution < -0.4 is 24.8 Å². The van der Waals surface area contributed by atoms with E-state index in [9.17, 15) is 4.79 Å². The predicted octanol–water partition coefficient (Wildman–Crippen LogP) is 3.33. The highest BCUT2D eigenvalue weighted by molar-refractivity contribution is 5.92. The Kier molecular flexibility index (Phi) is 7.29. The van der Waals surface area contributed by atoms with Crippen molar-refractivity contribution in [2.24, 2.45) is 0 Å². The summed E-state index contributed by atoms with van der Waals surface area (Å²) in [6, 6.07) is 1.80. The van der Waals surface area contributed by atoms with Gasteiger partial charge < -0.3 is 29.6 Å². The molecule has 0 fully saturated rings. The van der Waals surface area contributed by atoms with Crippen molar-refractivity contribution in [1.82, 2.24) is 24.9 Å². The lowest BCUT2D eigenvalue weighted by Gasteiger charge is -2.19. The van der Waals surface area contributed by atoms with Crippen molar-refractivity contribution >= 4 is 28.6 Å². The number of hydrogen-bond donors (Lipinski definition) is 2. The number of alkyl carbamates (subject to hydrolysis) is 1. The van der Waals surface area contributed by atoms with Crippen LogP contribution >= 0.6 is 0 Å². The number of ether oxygens (including phenoxy) is 4. The van der Waals surface area contributed by atoms with Crippen LogP contribution in [0.25, 0.3) is 16.7 Å². The molecule has 0 unspecified atom stereocenters. The molecule has 0 aliphatic rings. The van der Waals surface area contributed by atoms with Crippen molar-refractivity contribution in [1.29, 1.82) is 0 Å². The van der Waals surface area contributed by atoms with Gasteiger partial charge in [-0.15, -0.1) is 10.2 Å². The maximum absolute atomic E-state index is 11.7. The molecule has 11 heteroatoms. The van der Waals surface area contributed by atoms with Gasteiger partial charge in [0.05, 0.1) is 26.8 Å². The number of rotatable bonds is 9. The normalized spacial score (nSPS) is 11.5. The predicted molar refractivity (Wildman–Crippen MR) is 125 cm³/mol. The van der Waals surface area contributed by atoms with Crippen molar-refractivity contribution in [3.05, 3.63) is 11.9 Å². The number of methoxy groups -OCH3 is 3. The summed E-state index contributed by atoms with van der Waals surface area (Å²) in [5.41, 5.74) is 1.41. The molecule has 33 heavy (non-hydrogen) atoms. The summed E-state index contributed by atoms with van der Waals surface area (Å²) in [5.74, 6) is 2.76. The minimum atomic E-state index is -0.509. The van der Waals surface area contributed by atoms with Gasteiger partial charge >= 0.3 is 6.09 Å². The number of anilines is 1. The molecule has 0 aliphatic carbocycles. The topological polar surface area (TPSA) is 121 Å². The van der Waals surface area contributed by atoms with E-state index in [2.05, 4.69) is 20.8 Å². The average molecular weight is 461 g/mol. The first-order chi connectivity index (χ1) is 15.7. The van der Waals surface area contributed by atoms with Gasteiger partial charge in [0.1, 0.15) is 16.9 Å². The molecule has 0 spiro atoms. The number of carbonyl (C=O) groups excluding carboxylic acids is 1. The highest BCUT2D eigenvalue weighted by atomic mass is 16.6. The molecule has 1 aromatic carbocycles. The van der Waals surface area contributed by atoms with Crippen LogP contribution in [-0.4, -0.2) is 65.7 Å². The molecule has 0 atom stereocenters. The molecule has 0 aliphatic heterocycles. The highest BCUT2D eigenvalue weighted by Gasteiger charge is 2.22. The Balaban J connectivity index is 1.78. The van der Waals surface area contributed by atoms with Gasteiger partial charge in [0.2, 0.25) is 11.4 Å². The number of fused-ring (bicyclic) bond motifs is 3. The molecular weight excluding hydrogens is 428 g/mol. The van der Waals surface area contributed by atoms with Gasteiger partial charge in [-0.2, -0.15) is 0 Å². The van der Waals surface area contributed by atoms with Crippen LogP contribution in [0.5, 0.6) is 17.2 Å². The molecular formula is C22H32N6O5. The molecule has 0 radical (unpaired) electrons. The summed E-state index contributed by atoms with van der Waals surface area (Å²) >= 11 is 0. The molecule has 1 amide bonds. The summed E-state index contributed by atoms with van der Waals surface area (Å²) in [5, 5.41) is 14.6. The largest absolute Gasteiger partial charge is 0.493 e. The maximum Gasteiger partial charge on any atom is 0.407 e. The van der Waals surface area contributed by atoms with E-state index in [0.717, 1.165) is 12.8 Å². The van der Waals surface area contributed by atoms with E-state index < -0.39 is 11.7 Å². The zero-order chi connectivity index (χ0) is 24.2. The van der Waals surface area contributed by atoms with E-state index in [1.54, 1.807) is 27.4 Å². The van der Waals surface area contributed by atoms with Crippen molar-refractivity contribution in [3.63, 3.8) is 0 Å². The number of aryl methyl sites for hydroxylation is 1. The van der Waals surface area contributed by atoms with Crippen molar-refractivity contribution in [3.8, 4) is 17.2 Å². The average Bonchev–Trinajstić information content (AvgIpc) is 3.15. The van der Waals surface area contributed by atoms with Gasteiger partial charge in [0, 0.05) is 19.2 Å². The summed E-state index contributed by atoms with van der Waals surface area (Å²) in [6.45, 7) is 8.53. The summed E-state index contributed by atoms with van der Waals surface area (Å²) in [4.78, 5) is 16.5. The summed E-state index contributed by atoms with van der Waals surface area (Å²) in [7, 11) is 4.69. The zero-order valence-corrected chi connectivity index (χ0v) is 20.2. The van der Waals surface area contributed by atoms with E-state index in [0.29, 0.717) is 58.7 Å². The van der Waals surface area contributed by atoms with Crippen LogP contribution in [0.3, 0.4) is 0 Å². The van der Waals surface area contributed by atoms with Gasteiger partial charge in [-0.3, -0.25) is 4.40 Å². The Bertz CT molecular complexity index is 1140. The van der Waals surface area contributed by atoms with E-state index >= 15 is 0 Å². The number of nitrogens with one attached hydrogen (secondary N) is 2. The van der Waals surface area contributed by atoms with Crippen LogP contribution in [0.1, 0.15) is 39.4 Å². The minimum Gasteiger partial charge on any atom is -0.493 e. The fourth-order valence-corrected chi connectivity index (χ4v) is 3.46. The first-order valence-electron chi connectivity index (χ1n) is 10.7. The number of benzene rings is 1. The van der Waals surface area contributed by atoms with E-state index in [1.165, 1.54) is 0 Å². The number of unbranched alkanes of at least 4 members (excludes halogenated alkanes) is 1. The van der Waals surface area contributed by atoms with Crippen LogP contribution in [0.15, 0.2) is 6.07 Å². The second kappa shape index (κ2) is 9.97. The SMILES string of the molecule is COc1cc2nc(NCCCCNC(=O)OC(C)(C)C)c3nnc(C)n3c2c(OC)c1OC. The van der Waals surface area contributed by atoms with Gasteiger partial charge in [-0.25, -0.2) is 9.78 Å². The lowest BCUT2D eigenvalue weighted by atomic mass is 10.2. The smallest absolute Gasteiger partial charge is 0.407 e. The summed E-state index contributed by atoms with van der Waals surface area (Å²) in [6.07, 6.45) is 1.18. The third-order valence-electron chi connectivity index (χ3n) is 4.84. The third kappa shape index (κ3) is 5.29. The van der Waals surface area contributed by atoms with Gasteiger partial charge in [-0.1, -0.05) is 0 Å². The second-order valence-corrected chi connectivity index (χ2v) is 8.44. The lowest BCUT2D eigenvalue weighted by molar-refractivity contribution is 0.0527. The monoisotopic (exact) mass is 460 g/mol. The van der Waals surface area contributed by atoms with Crippen LogP contribution in [-0.2, 0) is 4.74 Å². The van der Waals surface area contributed by atoms with E-state index in [-0.39, 0.29) is 0 Å². The molecule has 0 bridgehead atoms. The van der Waals surface area contributed by atoms with E-state index in [1.807, 2.05) is 32.1 Å². The molecule has 2 heterocycles. The first kappa shape index (κ1) is 24.1. The first-order valence-corrected chi connectivity index (χ1v) is 10.7. The van der Waals surface area contributed by atoms with Crippen LogP contribution in [0.4, 0.5) is 10.6 Å². The zero-order valence-electron chi connectivity index (χ0n) is 20.2. The molecule has 2 N–H and O–H groups in total. The Hall–Kier alpha value is -3.50. The highest BCUT2D eigenvalue weighted by Crippen LogP contribution is 2.43. The molecule has 2 aromatic heterocycles. The standard InChI is InChI=1S/C22H32N6O5/c1-13-26-27-20-19(23-10-8-9-11-24-21(29)33-22(2,3)4)25-14-12-15(30-5)17(31-6)18(32-7)16(14)28(13)20/h12H,8-11H2,1-7H3,(H,23,25)(H,24,29). The van der Waals surface area contributed by atoms with E-state index in [4.69, 9.17) is 23.9 Å². The minimum absolute atomic E-state index is 0.411. The molecule has 3 aromatic rings. The molecule has 11 nitrogen and oxygen atoms in total. The quantitative estimate of drug-likeness (QED) is 0.463. The fourth-order valence-electron chi connectivity index (χ4n) is 3.46. The maximum atomic E-state index is 11.7. The van der Waals surface area contributed by atoms with Gasteiger partial charge in [0.15, 0.2) is 17.3 Å². The Morgan fingerprint density at radius 3 is 2.36 bits per heavy atom. The van der Waals surface area contributed by atoms with Crippen molar-refractivity contribution in [2.75, 3.05) is 39.7 Å². The van der Waals surface area contributed by atoms with Gasteiger partial charge in [-0.05, 0) is 40.5 Å². The fraction of sp³-hybridized carbons (Fsp3) is 0.545. The van der Waals surface area contributed by atoms with Crippen LogP contribution in [0, 0.1) is 6.92 Å². The van der Waals surface area contributed by atoms with Crippen molar-refractivity contribution < 1.29 is 23.7 Å². The molecule has 0 saturated carbocycles. The molecule has 3 rings (SSSR count). The Morgan fingerprint density at radius 2 is 1.73 bits per heavy atom. The van der Waals surface area contributed by atoms with Gasteiger partial charge in [0.25, 0.3) is 0 Å². The number of hydrogen-bond acceptors (Lipinski definition) is 9. The Labute approximate surface area is 192 Å². The number of carbonyl (C=O) groups is 1. The Morgan fingerprint density at radius 1 is 1.03 bits per heavy atom. The third-order valence-corrected chi connectivity index (χ3v) is 4.84. The lowest BCUT2D eigenvalue weighted by Crippen LogP contribution is -2.33. The molecule has 0 saturated heterocycles. The number of nitrogens with zero attached hydrogens (tertiary/aromatic N) is 4. The number of aromatic nitrogens is 4. The summed E-state index contributed by atoms with van der Waals surface area (Å²) < 4.78 is 23.8. The van der Waals surface area contributed by atoms with Crippen molar-refractivity contribution in [2.45, 2.75) is 46.1 Å². The number of amides is 1.